The minimum Gasteiger partial charge on any atom is -0.324 e. The number of amides is 1. The number of hydrogen-bond donors (Lipinski definition) is 2. The Balaban J connectivity index is 1.82. The second-order valence-electron chi connectivity index (χ2n) is 6.54. The average molecular weight is 346 g/mol. The topological polar surface area (TPSA) is 66.9 Å². The Morgan fingerprint density at radius 3 is 2.08 bits per heavy atom. The Morgan fingerprint density at radius 2 is 1.42 bits per heavy atom. The van der Waals surface area contributed by atoms with Crippen LogP contribution in [0.25, 0.3) is 0 Å². The first-order valence-electron chi connectivity index (χ1n) is 8.48. The number of aryl methyl sites for hydroxylation is 4. The molecule has 2 aromatic carbocycles. The highest BCUT2D eigenvalue weighted by Crippen LogP contribution is 2.17. The Hall–Kier alpha value is -3.21. The minimum absolute atomic E-state index is 0.257. The third-order valence-electron chi connectivity index (χ3n) is 3.87. The highest BCUT2D eigenvalue weighted by Gasteiger charge is 2.12. The van der Waals surface area contributed by atoms with Gasteiger partial charge in [0.2, 0.25) is 5.95 Å². The third-order valence-corrected chi connectivity index (χ3v) is 3.87. The van der Waals surface area contributed by atoms with Gasteiger partial charge >= 0.3 is 0 Å². The molecule has 0 aliphatic rings. The van der Waals surface area contributed by atoms with Crippen molar-refractivity contribution >= 4 is 23.2 Å². The summed E-state index contributed by atoms with van der Waals surface area (Å²) in [5, 5.41) is 6.06. The van der Waals surface area contributed by atoms with Crippen LogP contribution in [-0.2, 0) is 0 Å². The molecule has 0 radical (unpaired) electrons. The van der Waals surface area contributed by atoms with Crippen molar-refractivity contribution < 1.29 is 4.79 Å². The van der Waals surface area contributed by atoms with Crippen molar-refractivity contribution in [2.75, 3.05) is 10.6 Å². The zero-order valence-corrected chi connectivity index (χ0v) is 15.4. The van der Waals surface area contributed by atoms with E-state index in [1.807, 2.05) is 64.1 Å². The van der Waals surface area contributed by atoms with Gasteiger partial charge in [-0.2, -0.15) is 0 Å². The van der Waals surface area contributed by atoms with Gasteiger partial charge in [-0.1, -0.05) is 23.8 Å². The fourth-order valence-electron chi connectivity index (χ4n) is 2.75. The van der Waals surface area contributed by atoms with Crippen molar-refractivity contribution in [1.29, 1.82) is 0 Å². The van der Waals surface area contributed by atoms with E-state index < -0.39 is 0 Å². The number of anilines is 3. The Labute approximate surface area is 153 Å². The summed E-state index contributed by atoms with van der Waals surface area (Å²) in [6.45, 7) is 7.88. The van der Waals surface area contributed by atoms with Crippen molar-refractivity contribution in [2.24, 2.45) is 0 Å². The summed E-state index contributed by atoms with van der Waals surface area (Å²) < 4.78 is 0. The van der Waals surface area contributed by atoms with Crippen molar-refractivity contribution in [3.05, 3.63) is 76.6 Å². The molecule has 3 rings (SSSR count). The van der Waals surface area contributed by atoms with Gasteiger partial charge in [0.15, 0.2) is 0 Å². The molecule has 1 heterocycles. The van der Waals surface area contributed by atoms with Gasteiger partial charge in [-0.05, 0) is 69.2 Å². The van der Waals surface area contributed by atoms with Gasteiger partial charge in [-0.25, -0.2) is 9.97 Å². The fraction of sp³-hybridized carbons (Fsp3) is 0.190. The molecule has 0 fully saturated rings. The predicted molar refractivity (Wildman–Crippen MR) is 105 cm³/mol. The van der Waals surface area contributed by atoms with E-state index in [-0.39, 0.29) is 5.91 Å². The van der Waals surface area contributed by atoms with E-state index in [9.17, 15) is 4.79 Å². The van der Waals surface area contributed by atoms with Crippen LogP contribution in [0.2, 0.25) is 0 Å². The van der Waals surface area contributed by atoms with Crippen molar-refractivity contribution in [2.45, 2.75) is 27.7 Å². The fourth-order valence-corrected chi connectivity index (χ4v) is 2.75. The summed E-state index contributed by atoms with van der Waals surface area (Å²) in [5.74, 6) is 0.145. The Morgan fingerprint density at radius 1 is 0.769 bits per heavy atom. The monoisotopic (exact) mass is 346 g/mol. The quantitative estimate of drug-likeness (QED) is 0.718. The van der Waals surface area contributed by atoms with Crippen molar-refractivity contribution in [1.82, 2.24) is 9.97 Å². The number of carbonyl (C=O) groups is 1. The second-order valence-corrected chi connectivity index (χ2v) is 6.54. The standard InChI is InChI=1S/C21H22N4O/c1-13-5-7-17(8-6-13)24-21-22-16(4)12-19(25-21)20(26)23-18-10-14(2)9-15(3)11-18/h5-12H,1-4H3,(H,23,26)(H,22,24,25). The van der Waals surface area contributed by atoms with Crippen molar-refractivity contribution in [3.8, 4) is 0 Å². The maximum absolute atomic E-state index is 12.6. The number of nitrogens with one attached hydrogen (secondary N) is 2. The van der Waals surface area contributed by atoms with E-state index >= 15 is 0 Å². The van der Waals surface area contributed by atoms with E-state index in [2.05, 4.69) is 26.7 Å². The summed E-state index contributed by atoms with van der Waals surface area (Å²) in [7, 11) is 0. The van der Waals surface area contributed by atoms with Gasteiger partial charge in [-0.3, -0.25) is 4.79 Å². The lowest BCUT2D eigenvalue weighted by Crippen LogP contribution is -2.15. The van der Waals surface area contributed by atoms with Crippen LogP contribution in [0, 0.1) is 27.7 Å². The molecular weight excluding hydrogens is 324 g/mol. The summed E-state index contributed by atoms with van der Waals surface area (Å²) >= 11 is 0. The number of hydrogen-bond acceptors (Lipinski definition) is 4. The lowest BCUT2D eigenvalue weighted by Gasteiger charge is -2.10. The van der Waals surface area contributed by atoms with Gasteiger partial charge in [-0.15, -0.1) is 0 Å². The van der Waals surface area contributed by atoms with Gasteiger partial charge in [0.05, 0.1) is 0 Å². The number of rotatable bonds is 4. The smallest absolute Gasteiger partial charge is 0.274 e. The lowest BCUT2D eigenvalue weighted by atomic mass is 10.1. The van der Waals surface area contributed by atoms with Crippen LogP contribution >= 0.6 is 0 Å². The maximum atomic E-state index is 12.6. The SMILES string of the molecule is Cc1ccc(Nc2nc(C)cc(C(=O)Nc3cc(C)cc(C)c3)n2)cc1. The molecule has 5 nitrogen and oxygen atoms in total. The van der Waals surface area contributed by atoms with Gasteiger partial charge in [0.1, 0.15) is 5.69 Å². The lowest BCUT2D eigenvalue weighted by molar-refractivity contribution is 0.102. The average Bonchev–Trinajstić information content (AvgIpc) is 2.55. The number of benzene rings is 2. The molecule has 26 heavy (non-hydrogen) atoms. The summed E-state index contributed by atoms with van der Waals surface area (Å²) in [6.07, 6.45) is 0. The molecule has 0 saturated carbocycles. The van der Waals surface area contributed by atoms with Crippen LogP contribution in [0.1, 0.15) is 32.9 Å². The molecule has 0 spiro atoms. The maximum Gasteiger partial charge on any atom is 0.274 e. The van der Waals surface area contributed by atoms with Crippen LogP contribution in [0.3, 0.4) is 0 Å². The summed E-state index contributed by atoms with van der Waals surface area (Å²) in [4.78, 5) is 21.3. The first-order chi connectivity index (χ1) is 12.4. The Bertz CT molecular complexity index is 928. The summed E-state index contributed by atoms with van der Waals surface area (Å²) in [5.41, 5.74) is 6.06. The molecule has 0 unspecified atom stereocenters. The van der Waals surface area contributed by atoms with Crippen LogP contribution in [0.4, 0.5) is 17.3 Å². The molecule has 1 aromatic heterocycles. The molecule has 5 heteroatoms. The largest absolute Gasteiger partial charge is 0.324 e. The molecule has 0 saturated heterocycles. The van der Waals surface area contributed by atoms with E-state index in [0.717, 1.165) is 28.2 Å². The first kappa shape index (κ1) is 17.6. The number of nitrogens with zero attached hydrogens (tertiary/aromatic N) is 2. The zero-order valence-electron chi connectivity index (χ0n) is 15.4. The van der Waals surface area contributed by atoms with Crippen molar-refractivity contribution in [3.63, 3.8) is 0 Å². The number of aromatic nitrogens is 2. The zero-order chi connectivity index (χ0) is 18.7. The first-order valence-corrected chi connectivity index (χ1v) is 8.48. The van der Waals surface area contributed by atoms with E-state index in [1.165, 1.54) is 5.56 Å². The van der Waals surface area contributed by atoms with Gasteiger partial charge in [0.25, 0.3) is 5.91 Å². The normalized spacial score (nSPS) is 10.5. The van der Waals surface area contributed by atoms with Crippen LogP contribution < -0.4 is 10.6 Å². The molecule has 132 valence electrons. The molecule has 2 N–H and O–H groups in total. The van der Waals surface area contributed by atoms with Crippen LogP contribution in [0.15, 0.2) is 48.5 Å². The van der Waals surface area contributed by atoms with Crippen LogP contribution in [-0.4, -0.2) is 15.9 Å². The predicted octanol–water partition coefficient (Wildman–Crippen LogP) is 4.71. The highest BCUT2D eigenvalue weighted by molar-refractivity contribution is 6.03. The van der Waals surface area contributed by atoms with E-state index in [4.69, 9.17) is 0 Å². The minimum atomic E-state index is -0.257. The van der Waals surface area contributed by atoms with Gasteiger partial charge < -0.3 is 10.6 Å². The molecular formula is C21H22N4O. The van der Waals surface area contributed by atoms with E-state index in [1.54, 1.807) is 6.07 Å². The molecule has 3 aromatic rings. The molecule has 0 bridgehead atoms. The van der Waals surface area contributed by atoms with Gasteiger partial charge in [0, 0.05) is 17.1 Å². The molecule has 0 atom stereocenters. The number of carbonyl (C=O) groups excluding carboxylic acids is 1. The highest BCUT2D eigenvalue weighted by atomic mass is 16.1. The second kappa shape index (κ2) is 7.35. The van der Waals surface area contributed by atoms with Crippen LogP contribution in [0.5, 0.6) is 0 Å². The Kier molecular flexibility index (Phi) is 4.98. The molecule has 0 aliphatic heterocycles. The summed E-state index contributed by atoms with van der Waals surface area (Å²) in [6, 6.07) is 15.5. The third kappa shape index (κ3) is 4.45. The molecule has 1 amide bonds. The molecule has 0 aliphatic carbocycles. The van der Waals surface area contributed by atoms with E-state index in [0.29, 0.717) is 11.6 Å².